The molecule has 172 valence electrons. The van der Waals surface area contributed by atoms with Crippen molar-refractivity contribution >= 4 is 27.3 Å². The summed E-state index contributed by atoms with van der Waals surface area (Å²) >= 11 is 0. The number of fused-ring (bicyclic) bond motifs is 1. The van der Waals surface area contributed by atoms with Crippen molar-refractivity contribution in [2.45, 2.75) is 4.90 Å². The van der Waals surface area contributed by atoms with E-state index in [1.54, 1.807) is 48.5 Å². The summed E-state index contributed by atoms with van der Waals surface area (Å²) in [4.78, 5) is 12.8. The van der Waals surface area contributed by atoms with Gasteiger partial charge in [-0.3, -0.25) is 9.10 Å². The van der Waals surface area contributed by atoms with Crippen molar-refractivity contribution in [3.63, 3.8) is 0 Å². The lowest BCUT2D eigenvalue weighted by Gasteiger charge is -2.24. The molecule has 10 heteroatoms. The summed E-state index contributed by atoms with van der Waals surface area (Å²) in [5.74, 6) is 1.21. The Morgan fingerprint density at radius 3 is 2.39 bits per heavy atom. The summed E-state index contributed by atoms with van der Waals surface area (Å²) in [6.07, 6.45) is 0. The van der Waals surface area contributed by atoms with Gasteiger partial charge in [0.05, 0.1) is 24.8 Å². The molecule has 9 nitrogen and oxygen atoms in total. The van der Waals surface area contributed by atoms with Crippen molar-refractivity contribution in [2.24, 2.45) is 0 Å². The van der Waals surface area contributed by atoms with E-state index in [9.17, 15) is 13.2 Å². The van der Waals surface area contributed by atoms with Gasteiger partial charge < -0.3 is 24.3 Å². The van der Waals surface area contributed by atoms with Crippen LogP contribution in [0.2, 0.25) is 0 Å². The predicted molar refractivity (Wildman–Crippen MR) is 122 cm³/mol. The highest BCUT2D eigenvalue weighted by Gasteiger charge is 2.28. The second-order valence-corrected chi connectivity index (χ2v) is 8.84. The molecule has 0 aliphatic carbocycles. The fraction of sp³-hybridized carbons (Fsp3) is 0.174. The van der Waals surface area contributed by atoms with Crippen molar-refractivity contribution < 1.29 is 32.2 Å². The lowest BCUT2D eigenvalue weighted by Crippen LogP contribution is -2.38. The molecule has 0 radical (unpaired) electrons. The third-order valence-corrected chi connectivity index (χ3v) is 6.70. The molecule has 0 aromatic heterocycles. The zero-order valence-electron chi connectivity index (χ0n) is 18.0. The van der Waals surface area contributed by atoms with E-state index in [4.69, 9.17) is 18.9 Å². The molecule has 0 saturated heterocycles. The first-order valence-electron chi connectivity index (χ1n) is 9.91. The smallest absolute Gasteiger partial charge is 0.264 e. The monoisotopic (exact) mass is 470 g/mol. The van der Waals surface area contributed by atoms with Crippen molar-refractivity contribution in [2.75, 3.05) is 37.2 Å². The van der Waals surface area contributed by atoms with Crippen molar-refractivity contribution in [1.82, 2.24) is 0 Å². The van der Waals surface area contributed by atoms with Crippen molar-refractivity contribution in [1.29, 1.82) is 0 Å². The number of benzene rings is 3. The molecule has 1 heterocycles. The first-order valence-corrected chi connectivity index (χ1v) is 11.4. The van der Waals surface area contributed by atoms with E-state index in [0.29, 0.717) is 28.6 Å². The van der Waals surface area contributed by atoms with Crippen LogP contribution < -0.4 is 28.6 Å². The summed E-state index contributed by atoms with van der Waals surface area (Å²) in [6.45, 7) is -0.340. The fourth-order valence-electron chi connectivity index (χ4n) is 3.32. The Morgan fingerprint density at radius 2 is 1.67 bits per heavy atom. The summed E-state index contributed by atoms with van der Waals surface area (Å²) in [7, 11) is -1.24. The van der Waals surface area contributed by atoms with Crippen LogP contribution in [-0.4, -0.2) is 41.9 Å². The lowest BCUT2D eigenvalue weighted by molar-refractivity contribution is -0.114. The quantitative estimate of drug-likeness (QED) is 0.539. The SMILES string of the molecule is COc1ccc(S(=O)(=O)N(CC(=O)Nc2ccc3c(c2)OCO3)c2ccccc2)cc1OC. The summed E-state index contributed by atoms with van der Waals surface area (Å²) in [5.41, 5.74) is 0.800. The van der Waals surface area contributed by atoms with Gasteiger partial charge >= 0.3 is 0 Å². The van der Waals surface area contributed by atoms with E-state index in [0.717, 1.165) is 4.31 Å². The number of para-hydroxylation sites is 1. The molecule has 0 fully saturated rings. The molecule has 1 amide bonds. The minimum atomic E-state index is -4.12. The maximum atomic E-state index is 13.6. The third-order valence-electron chi connectivity index (χ3n) is 4.93. The number of nitrogens with zero attached hydrogens (tertiary/aromatic N) is 1. The van der Waals surface area contributed by atoms with Gasteiger partial charge in [0.15, 0.2) is 23.0 Å². The van der Waals surface area contributed by atoms with Gasteiger partial charge in [-0.05, 0) is 36.4 Å². The first-order chi connectivity index (χ1) is 15.9. The highest BCUT2D eigenvalue weighted by Crippen LogP contribution is 2.35. The minimum absolute atomic E-state index is 0.0418. The number of nitrogens with one attached hydrogen (secondary N) is 1. The molecule has 3 aromatic carbocycles. The number of hydrogen-bond acceptors (Lipinski definition) is 7. The van der Waals surface area contributed by atoms with Gasteiger partial charge in [0.1, 0.15) is 6.54 Å². The number of amides is 1. The Bertz CT molecular complexity index is 1260. The molecular formula is C23H22N2O7S. The average molecular weight is 471 g/mol. The summed E-state index contributed by atoms with van der Waals surface area (Å²) in [5, 5.41) is 2.71. The van der Waals surface area contributed by atoms with Crippen LogP contribution in [0, 0.1) is 0 Å². The van der Waals surface area contributed by atoms with E-state index in [-0.39, 0.29) is 17.4 Å². The van der Waals surface area contributed by atoms with Crippen LogP contribution >= 0.6 is 0 Å². The third kappa shape index (κ3) is 4.65. The molecule has 0 unspecified atom stereocenters. The van der Waals surface area contributed by atoms with Crippen molar-refractivity contribution in [3.8, 4) is 23.0 Å². The summed E-state index contributed by atoms with van der Waals surface area (Å²) < 4.78 is 49.2. The Morgan fingerprint density at radius 1 is 0.939 bits per heavy atom. The van der Waals surface area contributed by atoms with Crippen LogP contribution in [0.15, 0.2) is 71.6 Å². The molecule has 4 rings (SSSR count). The highest BCUT2D eigenvalue weighted by atomic mass is 32.2. The average Bonchev–Trinajstić information content (AvgIpc) is 3.30. The molecule has 0 saturated carbocycles. The topological polar surface area (TPSA) is 103 Å². The highest BCUT2D eigenvalue weighted by molar-refractivity contribution is 7.92. The van der Waals surface area contributed by atoms with Gasteiger partial charge in [0.2, 0.25) is 12.7 Å². The molecule has 33 heavy (non-hydrogen) atoms. The zero-order valence-corrected chi connectivity index (χ0v) is 18.8. The maximum Gasteiger partial charge on any atom is 0.264 e. The normalized spacial score (nSPS) is 12.2. The van der Waals surface area contributed by atoms with Crippen LogP contribution in [0.4, 0.5) is 11.4 Å². The van der Waals surface area contributed by atoms with Crippen molar-refractivity contribution in [3.05, 3.63) is 66.7 Å². The standard InChI is InChI=1S/C23H22N2O7S/c1-29-19-11-9-18(13-21(19)30-2)33(27,28)25(17-6-4-3-5-7-17)14-23(26)24-16-8-10-20-22(12-16)32-15-31-20/h3-13H,14-15H2,1-2H3,(H,24,26). The number of anilines is 2. The van der Waals surface area contributed by atoms with Gasteiger partial charge in [-0.1, -0.05) is 18.2 Å². The number of carbonyl (C=O) groups is 1. The molecule has 0 atom stereocenters. The van der Waals surface area contributed by atoms with Gasteiger partial charge in [-0.25, -0.2) is 8.42 Å². The van der Waals surface area contributed by atoms with Gasteiger partial charge in [-0.2, -0.15) is 0 Å². The molecular weight excluding hydrogens is 448 g/mol. The minimum Gasteiger partial charge on any atom is -0.493 e. The molecule has 0 bridgehead atoms. The number of carbonyl (C=O) groups excluding carboxylic acids is 1. The van der Waals surface area contributed by atoms with E-state index in [2.05, 4.69) is 5.32 Å². The second-order valence-electron chi connectivity index (χ2n) is 6.98. The van der Waals surface area contributed by atoms with Gasteiger partial charge in [0.25, 0.3) is 10.0 Å². The Kier molecular flexibility index (Phi) is 6.27. The van der Waals surface area contributed by atoms with Crippen LogP contribution in [0.1, 0.15) is 0 Å². The predicted octanol–water partition coefficient (Wildman–Crippen LogP) is 3.27. The molecule has 1 N–H and O–H groups in total. The van der Waals surface area contributed by atoms with E-state index in [1.165, 1.54) is 32.4 Å². The van der Waals surface area contributed by atoms with E-state index >= 15 is 0 Å². The second kappa shape index (κ2) is 9.29. The van der Waals surface area contributed by atoms with Gasteiger partial charge in [-0.15, -0.1) is 0 Å². The van der Waals surface area contributed by atoms with Gasteiger partial charge in [0, 0.05) is 17.8 Å². The van der Waals surface area contributed by atoms with E-state index < -0.39 is 22.5 Å². The van der Waals surface area contributed by atoms with E-state index in [1.807, 2.05) is 0 Å². The van der Waals surface area contributed by atoms with Crippen LogP contribution in [0.25, 0.3) is 0 Å². The molecule has 0 spiro atoms. The van der Waals surface area contributed by atoms with Crippen LogP contribution in [0.3, 0.4) is 0 Å². The Balaban J connectivity index is 1.63. The number of methoxy groups -OCH3 is 2. The Labute approximate surface area is 191 Å². The molecule has 1 aliphatic rings. The number of rotatable bonds is 8. The maximum absolute atomic E-state index is 13.6. The first kappa shape index (κ1) is 22.3. The zero-order chi connectivity index (χ0) is 23.4. The lowest BCUT2D eigenvalue weighted by atomic mass is 10.2. The largest absolute Gasteiger partial charge is 0.493 e. The summed E-state index contributed by atoms with van der Waals surface area (Å²) in [6, 6.07) is 17.6. The number of ether oxygens (including phenoxy) is 4. The number of hydrogen-bond donors (Lipinski definition) is 1. The van der Waals surface area contributed by atoms with Crippen LogP contribution in [0.5, 0.6) is 23.0 Å². The number of sulfonamides is 1. The fourth-order valence-corrected chi connectivity index (χ4v) is 4.76. The Hall–Kier alpha value is -3.92. The van der Waals surface area contributed by atoms with Crippen LogP contribution in [-0.2, 0) is 14.8 Å². The molecule has 1 aliphatic heterocycles. The molecule has 3 aromatic rings.